The molecular weight excluding hydrogens is 238 g/mol. The van der Waals surface area contributed by atoms with Crippen LogP contribution in [0.2, 0.25) is 0 Å². The van der Waals surface area contributed by atoms with E-state index in [-0.39, 0.29) is 5.78 Å². The highest BCUT2D eigenvalue weighted by Gasteiger charge is 2.30. The zero-order chi connectivity index (χ0) is 13.8. The third-order valence-electron chi connectivity index (χ3n) is 3.97. The third kappa shape index (κ3) is 3.80. The average Bonchev–Trinajstić information content (AvgIpc) is 3.22. The molecule has 3 nitrogen and oxygen atoms in total. The minimum atomic E-state index is 0.0512. The van der Waals surface area contributed by atoms with E-state index >= 15 is 0 Å². The standard InChI is InChI=1S/C16H23NO2/c1-12(14-8-9-14)17(3)10-11-19-16-7-5-4-6-15(16)13(2)18/h4-7,12,14H,8-11H2,1-3H3. The van der Waals surface area contributed by atoms with E-state index in [1.807, 2.05) is 24.3 Å². The highest BCUT2D eigenvalue weighted by molar-refractivity contribution is 5.96. The Labute approximate surface area is 115 Å². The maximum atomic E-state index is 11.5. The zero-order valence-electron chi connectivity index (χ0n) is 12.1. The van der Waals surface area contributed by atoms with Crippen molar-refractivity contribution in [1.29, 1.82) is 0 Å². The average molecular weight is 261 g/mol. The van der Waals surface area contributed by atoms with Crippen LogP contribution in [-0.4, -0.2) is 36.9 Å². The van der Waals surface area contributed by atoms with Crippen LogP contribution in [0.5, 0.6) is 5.75 Å². The first-order valence-electron chi connectivity index (χ1n) is 7.02. The molecule has 2 rings (SSSR count). The van der Waals surface area contributed by atoms with Crippen molar-refractivity contribution in [2.45, 2.75) is 32.7 Å². The van der Waals surface area contributed by atoms with E-state index in [4.69, 9.17) is 4.74 Å². The fourth-order valence-corrected chi connectivity index (χ4v) is 2.33. The molecule has 3 heteroatoms. The van der Waals surface area contributed by atoms with E-state index in [1.54, 1.807) is 6.92 Å². The summed E-state index contributed by atoms with van der Waals surface area (Å²) in [7, 11) is 2.14. The van der Waals surface area contributed by atoms with Crippen molar-refractivity contribution in [3.8, 4) is 5.75 Å². The van der Waals surface area contributed by atoms with Crippen LogP contribution in [0.15, 0.2) is 24.3 Å². The molecule has 0 saturated heterocycles. The lowest BCUT2D eigenvalue weighted by Gasteiger charge is -2.24. The van der Waals surface area contributed by atoms with Crippen LogP contribution in [0.25, 0.3) is 0 Å². The Kier molecular flexibility index (Phi) is 4.59. The highest BCUT2D eigenvalue weighted by atomic mass is 16.5. The predicted octanol–water partition coefficient (Wildman–Crippen LogP) is 3.00. The van der Waals surface area contributed by atoms with E-state index in [2.05, 4.69) is 18.9 Å². The Morgan fingerprint density at radius 3 is 2.74 bits per heavy atom. The van der Waals surface area contributed by atoms with Gasteiger partial charge in [-0.05, 0) is 51.8 Å². The van der Waals surface area contributed by atoms with Gasteiger partial charge >= 0.3 is 0 Å². The number of likely N-dealkylation sites (N-methyl/N-ethyl adjacent to an activating group) is 1. The van der Waals surface area contributed by atoms with E-state index in [9.17, 15) is 4.79 Å². The van der Waals surface area contributed by atoms with Gasteiger partial charge in [-0.3, -0.25) is 4.79 Å². The quantitative estimate of drug-likeness (QED) is 0.707. The summed E-state index contributed by atoms with van der Waals surface area (Å²) in [5.74, 6) is 1.62. The number of nitrogens with zero attached hydrogens (tertiary/aromatic N) is 1. The van der Waals surface area contributed by atoms with Gasteiger partial charge in [-0.25, -0.2) is 0 Å². The van der Waals surface area contributed by atoms with Gasteiger partial charge in [0, 0.05) is 12.6 Å². The molecule has 0 heterocycles. The molecule has 1 saturated carbocycles. The van der Waals surface area contributed by atoms with Crippen LogP contribution in [0.1, 0.15) is 37.0 Å². The molecule has 0 radical (unpaired) electrons. The van der Waals surface area contributed by atoms with Crippen LogP contribution in [0, 0.1) is 5.92 Å². The molecule has 104 valence electrons. The molecule has 1 aliphatic carbocycles. The molecule has 0 amide bonds. The Morgan fingerprint density at radius 2 is 2.11 bits per heavy atom. The van der Waals surface area contributed by atoms with Crippen LogP contribution >= 0.6 is 0 Å². The molecule has 1 unspecified atom stereocenters. The van der Waals surface area contributed by atoms with E-state index < -0.39 is 0 Å². The van der Waals surface area contributed by atoms with Crippen molar-refractivity contribution >= 4 is 5.78 Å². The van der Waals surface area contributed by atoms with E-state index in [0.717, 1.165) is 12.5 Å². The fourth-order valence-electron chi connectivity index (χ4n) is 2.33. The minimum Gasteiger partial charge on any atom is -0.491 e. The highest BCUT2D eigenvalue weighted by Crippen LogP contribution is 2.34. The van der Waals surface area contributed by atoms with Gasteiger partial charge in [0.05, 0.1) is 5.56 Å². The summed E-state index contributed by atoms with van der Waals surface area (Å²) in [5, 5.41) is 0. The molecule has 19 heavy (non-hydrogen) atoms. The molecule has 1 aromatic carbocycles. The number of hydrogen-bond donors (Lipinski definition) is 0. The van der Waals surface area contributed by atoms with Crippen molar-refractivity contribution < 1.29 is 9.53 Å². The van der Waals surface area contributed by atoms with E-state index in [1.165, 1.54) is 12.8 Å². The van der Waals surface area contributed by atoms with Gasteiger partial charge in [0.2, 0.25) is 0 Å². The lowest BCUT2D eigenvalue weighted by atomic mass is 10.1. The number of ether oxygens (including phenoxy) is 1. The second kappa shape index (κ2) is 6.20. The number of Topliss-reactive ketones (excluding diaryl/α,β-unsaturated/α-hetero) is 1. The van der Waals surface area contributed by atoms with Crippen LogP contribution in [0.3, 0.4) is 0 Å². The third-order valence-corrected chi connectivity index (χ3v) is 3.97. The maximum Gasteiger partial charge on any atom is 0.163 e. The van der Waals surface area contributed by atoms with Crippen molar-refractivity contribution in [2.24, 2.45) is 5.92 Å². The van der Waals surface area contributed by atoms with Gasteiger partial charge in [0.25, 0.3) is 0 Å². The monoisotopic (exact) mass is 261 g/mol. The summed E-state index contributed by atoms with van der Waals surface area (Å²) in [6, 6.07) is 8.07. The molecule has 0 aromatic heterocycles. The van der Waals surface area contributed by atoms with Crippen LogP contribution < -0.4 is 4.74 Å². The van der Waals surface area contributed by atoms with E-state index in [0.29, 0.717) is 24.0 Å². The van der Waals surface area contributed by atoms with Gasteiger partial charge in [0.15, 0.2) is 5.78 Å². The van der Waals surface area contributed by atoms with Crippen molar-refractivity contribution in [2.75, 3.05) is 20.2 Å². The second-order valence-corrected chi connectivity index (χ2v) is 5.46. The summed E-state index contributed by atoms with van der Waals surface area (Å²) in [4.78, 5) is 13.8. The molecule has 0 bridgehead atoms. The van der Waals surface area contributed by atoms with Crippen LogP contribution in [0.4, 0.5) is 0 Å². The number of carbonyl (C=O) groups excluding carboxylic acids is 1. The summed E-state index contributed by atoms with van der Waals surface area (Å²) >= 11 is 0. The van der Waals surface area contributed by atoms with Crippen molar-refractivity contribution in [3.05, 3.63) is 29.8 Å². The SMILES string of the molecule is CC(=O)c1ccccc1OCCN(C)C(C)C1CC1. The largest absolute Gasteiger partial charge is 0.491 e. The molecule has 0 aliphatic heterocycles. The zero-order valence-corrected chi connectivity index (χ0v) is 12.1. The Bertz CT molecular complexity index is 440. The molecule has 1 aromatic rings. The first-order valence-corrected chi connectivity index (χ1v) is 7.02. The Morgan fingerprint density at radius 1 is 1.42 bits per heavy atom. The molecule has 1 atom stereocenters. The van der Waals surface area contributed by atoms with Crippen LogP contribution in [-0.2, 0) is 0 Å². The topological polar surface area (TPSA) is 29.5 Å². The van der Waals surface area contributed by atoms with Gasteiger partial charge < -0.3 is 9.64 Å². The normalized spacial score (nSPS) is 16.4. The predicted molar refractivity (Wildman–Crippen MR) is 76.8 cm³/mol. The first kappa shape index (κ1) is 14.1. The van der Waals surface area contributed by atoms with Gasteiger partial charge in [-0.2, -0.15) is 0 Å². The van der Waals surface area contributed by atoms with Gasteiger partial charge in [-0.1, -0.05) is 12.1 Å². The summed E-state index contributed by atoms with van der Waals surface area (Å²) < 4.78 is 5.76. The Hall–Kier alpha value is -1.35. The smallest absolute Gasteiger partial charge is 0.163 e. The Balaban J connectivity index is 1.83. The number of ketones is 1. The van der Waals surface area contributed by atoms with Gasteiger partial charge in [0.1, 0.15) is 12.4 Å². The van der Waals surface area contributed by atoms with Crippen molar-refractivity contribution in [3.63, 3.8) is 0 Å². The molecule has 0 spiro atoms. The molecule has 1 aliphatic rings. The molecular formula is C16H23NO2. The summed E-state index contributed by atoms with van der Waals surface area (Å²) in [6.45, 7) is 5.37. The number of rotatable bonds is 7. The summed E-state index contributed by atoms with van der Waals surface area (Å²) in [6.07, 6.45) is 2.72. The maximum absolute atomic E-state index is 11.5. The lowest BCUT2D eigenvalue weighted by Crippen LogP contribution is -2.34. The molecule has 1 fully saturated rings. The first-order chi connectivity index (χ1) is 9.09. The van der Waals surface area contributed by atoms with Crippen molar-refractivity contribution in [1.82, 2.24) is 4.90 Å². The number of benzene rings is 1. The lowest BCUT2D eigenvalue weighted by molar-refractivity contribution is 0.101. The molecule has 0 N–H and O–H groups in total. The second-order valence-electron chi connectivity index (χ2n) is 5.46. The number of para-hydroxylation sites is 1. The van der Waals surface area contributed by atoms with Gasteiger partial charge in [-0.15, -0.1) is 0 Å². The number of carbonyl (C=O) groups is 1. The minimum absolute atomic E-state index is 0.0512. The summed E-state index contributed by atoms with van der Waals surface area (Å²) in [5.41, 5.74) is 0.667. The number of hydrogen-bond acceptors (Lipinski definition) is 3. The fraction of sp³-hybridized carbons (Fsp3) is 0.562.